The Hall–Kier alpha value is -1.81. The Morgan fingerprint density at radius 1 is 1.21 bits per heavy atom. The Bertz CT molecular complexity index is 552. The number of nitrogens with zero attached hydrogens (tertiary/aromatic N) is 2. The van der Waals surface area contributed by atoms with E-state index in [4.69, 9.17) is 5.73 Å². The summed E-state index contributed by atoms with van der Waals surface area (Å²) in [6, 6.07) is 13.6. The first-order valence-electron chi connectivity index (χ1n) is 6.28. The first-order chi connectivity index (χ1) is 9.31. The minimum Gasteiger partial charge on any atom is -0.383 e. The van der Waals surface area contributed by atoms with E-state index in [-0.39, 0.29) is 0 Å². The first-order valence-corrected chi connectivity index (χ1v) is 7.27. The van der Waals surface area contributed by atoms with Crippen LogP contribution >= 0.6 is 11.8 Å². The summed E-state index contributed by atoms with van der Waals surface area (Å²) in [5.74, 6) is 1.55. The Labute approximate surface area is 118 Å². The van der Waals surface area contributed by atoms with Crippen molar-refractivity contribution in [2.45, 2.75) is 18.4 Å². The lowest BCUT2D eigenvalue weighted by Crippen LogP contribution is -2.12. The van der Waals surface area contributed by atoms with Crippen LogP contribution in [-0.4, -0.2) is 16.6 Å². The number of benzene rings is 1. The molecule has 3 nitrogen and oxygen atoms in total. The molecular weight excluding hydrogens is 254 g/mol. The van der Waals surface area contributed by atoms with E-state index in [0.717, 1.165) is 28.5 Å². The van der Waals surface area contributed by atoms with Crippen molar-refractivity contribution in [2.24, 2.45) is 10.7 Å². The number of nitrogens with two attached hydrogens (primary N) is 1. The molecule has 0 aliphatic rings. The molecule has 0 saturated carbocycles. The van der Waals surface area contributed by atoms with Gasteiger partial charge in [-0.05, 0) is 24.3 Å². The van der Waals surface area contributed by atoms with Gasteiger partial charge in [-0.1, -0.05) is 37.3 Å². The maximum Gasteiger partial charge on any atom is 0.131 e. The number of hydrogen-bond acceptors (Lipinski definition) is 3. The van der Waals surface area contributed by atoms with Crippen molar-refractivity contribution in [3.05, 3.63) is 54.2 Å². The molecule has 2 rings (SSSR count). The summed E-state index contributed by atoms with van der Waals surface area (Å²) in [5.41, 5.74) is 7.80. The van der Waals surface area contributed by atoms with Crippen LogP contribution in [0.5, 0.6) is 0 Å². The lowest BCUT2D eigenvalue weighted by Gasteiger charge is -2.05. The molecule has 0 radical (unpaired) electrons. The van der Waals surface area contributed by atoms with Crippen LogP contribution in [-0.2, 0) is 0 Å². The summed E-state index contributed by atoms with van der Waals surface area (Å²) in [6.45, 7) is 2.15. The molecule has 1 aromatic carbocycles. The van der Waals surface area contributed by atoms with Gasteiger partial charge in [0.15, 0.2) is 0 Å². The molecule has 1 heterocycles. The van der Waals surface area contributed by atoms with Gasteiger partial charge in [-0.15, -0.1) is 11.8 Å². The van der Waals surface area contributed by atoms with E-state index in [1.165, 1.54) is 0 Å². The number of pyridine rings is 1. The molecule has 2 aromatic rings. The number of thioether (sulfide) groups is 1. The van der Waals surface area contributed by atoms with Crippen molar-refractivity contribution in [1.29, 1.82) is 0 Å². The topological polar surface area (TPSA) is 51.3 Å². The lowest BCUT2D eigenvalue weighted by molar-refractivity contribution is 1.08. The molecule has 0 spiro atoms. The zero-order chi connectivity index (χ0) is 13.5. The summed E-state index contributed by atoms with van der Waals surface area (Å²) < 4.78 is 0. The number of aliphatic imine (C=N–C) groups is 1. The molecule has 0 aliphatic carbocycles. The molecule has 0 bridgehead atoms. The van der Waals surface area contributed by atoms with Gasteiger partial charge in [-0.3, -0.25) is 0 Å². The van der Waals surface area contributed by atoms with Gasteiger partial charge in [0.05, 0.1) is 5.69 Å². The van der Waals surface area contributed by atoms with Crippen molar-refractivity contribution in [3.8, 4) is 0 Å². The third kappa shape index (κ3) is 3.83. The average molecular weight is 271 g/mol. The Morgan fingerprint density at radius 3 is 2.74 bits per heavy atom. The second-order valence-corrected chi connectivity index (χ2v) is 5.12. The van der Waals surface area contributed by atoms with Crippen molar-refractivity contribution in [2.75, 3.05) is 5.75 Å². The standard InChI is InChI=1S/C15H17N3S/c1-2-11-19-15-13(9-6-10-17-15)18-14(16)12-7-4-3-5-8-12/h3-10H,2,11H2,1H3,(H2,16,18). The summed E-state index contributed by atoms with van der Waals surface area (Å²) in [5, 5.41) is 0.934. The molecule has 0 amide bonds. The summed E-state index contributed by atoms with van der Waals surface area (Å²) in [6.07, 6.45) is 2.90. The second-order valence-electron chi connectivity index (χ2n) is 4.04. The highest BCUT2D eigenvalue weighted by Gasteiger charge is 2.04. The van der Waals surface area contributed by atoms with Crippen LogP contribution in [0.25, 0.3) is 0 Å². The summed E-state index contributed by atoms with van der Waals surface area (Å²) in [7, 11) is 0. The highest BCUT2D eigenvalue weighted by Crippen LogP contribution is 2.27. The fourth-order valence-electron chi connectivity index (χ4n) is 1.58. The first kappa shape index (κ1) is 13.6. The minimum absolute atomic E-state index is 0.520. The Morgan fingerprint density at radius 2 is 2.00 bits per heavy atom. The highest BCUT2D eigenvalue weighted by atomic mass is 32.2. The lowest BCUT2D eigenvalue weighted by atomic mass is 10.2. The van der Waals surface area contributed by atoms with Gasteiger partial charge >= 0.3 is 0 Å². The average Bonchev–Trinajstić information content (AvgIpc) is 2.47. The molecule has 0 saturated heterocycles. The van der Waals surface area contributed by atoms with Gasteiger partial charge in [0.25, 0.3) is 0 Å². The van der Waals surface area contributed by atoms with E-state index in [9.17, 15) is 0 Å². The fourth-order valence-corrected chi connectivity index (χ4v) is 2.38. The molecule has 2 N–H and O–H groups in total. The van der Waals surface area contributed by atoms with Crippen LogP contribution in [0.15, 0.2) is 58.7 Å². The second kappa shape index (κ2) is 6.95. The van der Waals surface area contributed by atoms with Crippen LogP contribution in [0.3, 0.4) is 0 Å². The molecule has 0 aliphatic heterocycles. The maximum absolute atomic E-state index is 6.04. The fraction of sp³-hybridized carbons (Fsp3) is 0.200. The molecule has 1 aromatic heterocycles. The van der Waals surface area contributed by atoms with Crippen molar-refractivity contribution >= 4 is 23.3 Å². The maximum atomic E-state index is 6.04. The molecular formula is C15H17N3S. The highest BCUT2D eigenvalue weighted by molar-refractivity contribution is 7.99. The molecule has 98 valence electrons. The third-order valence-corrected chi connectivity index (χ3v) is 3.70. The molecule has 0 fully saturated rings. The van der Waals surface area contributed by atoms with Crippen molar-refractivity contribution in [1.82, 2.24) is 4.98 Å². The predicted molar refractivity (Wildman–Crippen MR) is 82.1 cm³/mol. The van der Waals surface area contributed by atoms with Crippen LogP contribution < -0.4 is 5.73 Å². The molecule has 19 heavy (non-hydrogen) atoms. The summed E-state index contributed by atoms with van der Waals surface area (Å²) in [4.78, 5) is 8.86. The zero-order valence-corrected chi connectivity index (χ0v) is 11.7. The van der Waals surface area contributed by atoms with Crippen molar-refractivity contribution in [3.63, 3.8) is 0 Å². The van der Waals surface area contributed by atoms with Crippen LogP contribution in [0, 0.1) is 0 Å². The Kier molecular flexibility index (Phi) is 4.98. The van der Waals surface area contributed by atoms with E-state index in [1.807, 2.05) is 42.5 Å². The van der Waals surface area contributed by atoms with Gasteiger partial charge in [-0.2, -0.15) is 0 Å². The third-order valence-electron chi connectivity index (χ3n) is 2.50. The SMILES string of the molecule is CCCSc1ncccc1N=C(N)c1ccccc1. The van der Waals surface area contributed by atoms with Gasteiger partial charge in [0, 0.05) is 11.8 Å². The van der Waals surface area contributed by atoms with E-state index >= 15 is 0 Å². The number of aromatic nitrogens is 1. The minimum atomic E-state index is 0.520. The molecule has 0 unspecified atom stereocenters. The van der Waals surface area contributed by atoms with E-state index in [0.29, 0.717) is 5.84 Å². The van der Waals surface area contributed by atoms with E-state index in [2.05, 4.69) is 16.9 Å². The predicted octanol–water partition coefficient (Wildman–Crippen LogP) is 3.62. The van der Waals surface area contributed by atoms with Gasteiger partial charge in [0.1, 0.15) is 10.9 Å². The molecule has 0 atom stereocenters. The number of rotatable bonds is 5. The number of amidine groups is 1. The monoisotopic (exact) mass is 271 g/mol. The Balaban J connectivity index is 2.27. The van der Waals surface area contributed by atoms with Crippen LogP contribution in [0.1, 0.15) is 18.9 Å². The van der Waals surface area contributed by atoms with Crippen LogP contribution in [0.2, 0.25) is 0 Å². The number of hydrogen-bond donors (Lipinski definition) is 1. The van der Waals surface area contributed by atoms with Crippen molar-refractivity contribution < 1.29 is 0 Å². The van der Waals surface area contributed by atoms with E-state index < -0.39 is 0 Å². The normalized spacial score (nSPS) is 11.5. The van der Waals surface area contributed by atoms with Gasteiger partial charge in [0.2, 0.25) is 0 Å². The van der Waals surface area contributed by atoms with Gasteiger partial charge < -0.3 is 5.73 Å². The zero-order valence-electron chi connectivity index (χ0n) is 10.9. The van der Waals surface area contributed by atoms with Gasteiger partial charge in [-0.25, -0.2) is 9.98 Å². The smallest absolute Gasteiger partial charge is 0.131 e. The van der Waals surface area contributed by atoms with Crippen LogP contribution in [0.4, 0.5) is 5.69 Å². The van der Waals surface area contributed by atoms with E-state index in [1.54, 1.807) is 18.0 Å². The summed E-state index contributed by atoms with van der Waals surface area (Å²) >= 11 is 1.71. The molecule has 4 heteroatoms. The quantitative estimate of drug-likeness (QED) is 0.513. The largest absolute Gasteiger partial charge is 0.383 e.